The minimum Gasteiger partial charge on any atom is -0.410 e. The van der Waals surface area contributed by atoms with E-state index >= 15 is 0 Å². The van der Waals surface area contributed by atoms with Gasteiger partial charge in [-0.2, -0.15) is 0 Å². The molecule has 1 aliphatic heterocycles. The zero-order chi connectivity index (χ0) is 15.9. The van der Waals surface area contributed by atoms with Gasteiger partial charge in [0.05, 0.1) is 0 Å². The molecule has 1 aromatic heterocycles. The van der Waals surface area contributed by atoms with Crippen molar-refractivity contribution >= 4 is 23.9 Å². The lowest BCUT2D eigenvalue weighted by Crippen LogP contribution is -2.30. The van der Waals surface area contributed by atoms with E-state index in [-0.39, 0.29) is 0 Å². The van der Waals surface area contributed by atoms with Crippen molar-refractivity contribution in [3.05, 3.63) is 48.7 Å². The van der Waals surface area contributed by atoms with Gasteiger partial charge >= 0.3 is 6.09 Å². The van der Waals surface area contributed by atoms with Crippen molar-refractivity contribution < 1.29 is 9.53 Å². The number of carbonyl (C=O) groups excluding carboxylic acids is 1. The largest absolute Gasteiger partial charge is 0.422 e. The van der Waals surface area contributed by atoms with Gasteiger partial charge in [0.2, 0.25) is 0 Å². The predicted octanol–water partition coefficient (Wildman–Crippen LogP) is 3.87. The summed E-state index contributed by atoms with van der Waals surface area (Å²) >= 11 is 1.20. The number of rotatable bonds is 4. The summed E-state index contributed by atoms with van der Waals surface area (Å²) < 4.78 is 7.80. The van der Waals surface area contributed by atoms with Gasteiger partial charge in [0.15, 0.2) is 0 Å². The van der Waals surface area contributed by atoms with E-state index in [2.05, 4.69) is 14.6 Å². The second kappa shape index (κ2) is 7.87. The first-order valence-electron chi connectivity index (χ1n) is 7.72. The number of piperidine rings is 1. The molecule has 0 radical (unpaired) electrons. The number of para-hydroxylation sites is 1. The Balaban J connectivity index is 1.49. The van der Waals surface area contributed by atoms with Crippen molar-refractivity contribution in [3.8, 4) is 5.75 Å². The summed E-state index contributed by atoms with van der Waals surface area (Å²) in [5.41, 5.74) is 0. The highest BCUT2D eigenvalue weighted by atomic mass is 32.2. The molecule has 0 unspecified atom stereocenters. The number of amides is 1. The van der Waals surface area contributed by atoms with Gasteiger partial charge in [0.25, 0.3) is 0 Å². The molecule has 0 spiro atoms. The monoisotopic (exact) mass is 329 g/mol. The number of pyridine rings is 1. The molecule has 3 rings (SSSR count). The Morgan fingerprint density at radius 1 is 1.09 bits per heavy atom. The first kappa shape index (κ1) is 15.7. The van der Waals surface area contributed by atoms with Crippen LogP contribution in [0.1, 0.15) is 19.3 Å². The molecule has 0 atom stereocenters. The number of benzene rings is 1. The van der Waals surface area contributed by atoms with Gasteiger partial charge in [0.1, 0.15) is 11.6 Å². The molecule has 2 aromatic rings. The summed E-state index contributed by atoms with van der Waals surface area (Å²) in [4.78, 5) is 19.4. The standard InChI is InChI=1S/C17H19N3O2S/c21-17(22-14-7-3-1-4-8-14)19-23-15-9-10-16(18-13-15)20-11-5-2-6-12-20/h1,3-4,7-10,13H,2,5-6,11-12H2,(H,19,21). The highest BCUT2D eigenvalue weighted by Gasteiger charge is 2.12. The maximum atomic E-state index is 11.7. The van der Waals surface area contributed by atoms with Gasteiger partial charge in [0, 0.05) is 24.2 Å². The van der Waals surface area contributed by atoms with E-state index in [1.807, 2.05) is 30.3 Å². The normalized spacial score (nSPS) is 14.3. The fourth-order valence-electron chi connectivity index (χ4n) is 2.46. The smallest absolute Gasteiger partial charge is 0.410 e. The van der Waals surface area contributed by atoms with Crippen molar-refractivity contribution in [1.82, 2.24) is 9.71 Å². The maximum Gasteiger partial charge on any atom is 0.422 e. The average molecular weight is 329 g/mol. The minimum absolute atomic E-state index is 0.499. The molecule has 0 aliphatic carbocycles. The molecule has 1 amide bonds. The molecular weight excluding hydrogens is 310 g/mol. The first-order valence-corrected chi connectivity index (χ1v) is 8.54. The van der Waals surface area contributed by atoms with Crippen molar-refractivity contribution in [2.24, 2.45) is 0 Å². The molecular formula is C17H19N3O2S. The van der Waals surface area contributed by atoms with E-state index < -0.39 is 6.09 Å². The Morgan fingerprint density at radius 3 is 2.57 bits per heavy atom. The molecule has 5 nitrogen and oxygen atoms in total. The topological polar surface area (TPSA) is 54.5 Å². The minimum atomic E-state index is -0.499. The Morgan fingerprint density at radius 2 is 1.87 bits per heavy atom. The SMILES string of the molecule is O=C(NSc1ccc(N2CCCCC2)nc1)Oc1ccccc1. The zero-order valence-electron chi connectivity index (χ0n) is 12.8. The fourth-order valence-corrected chi connectivity index (χ4v) is 2.94. The van der Waals surface area contributed by atoms with Crippen LogP contribution in [0.4, 0.5) is 10.6 Å². The summed E-state index contributed by atoms with van der Waals surface area (Å²) in [6.45, 7) is 2.14. The van der Waals surface area contributed by atoms with E-state index in [1.54, 1.807) is 18.3 Å². The van der Waals surface area contributed by atoms with Crippen molar-refractivity contribution in [2.45, 2.75) is 24.2 Å². The molecule has 1 saturated heterocycles. The van der Waals surface area contributed by atoms with Crippen molar-refractivity contribution in [1.29, 1.82) is 0 Å². The third kappa shape index (κ3) is 4.63. The lowest BCUT2D eigenvalue weighted by molar-refractivity contribution is 0.207. The first-order chi connectivity index (χ1) is 11.3. The number of nitrogens with one attached hydrogen (secondary N) is 1. The van der Waals surface area contributed by atoms with Crippen LogP contribution in [0.25, 0.3) is 0 Å². The number of carbonyl (C=O) groups is 1. The van der Waals surface area contributed by atoms with Crippen LogP contribution in [-0.4, -0.2) is 24.2 Å². The number of aromatic nitrogens is 1. The molecule has 1 N–H and O–H groups in total. The van der Waals surface area contributed by atoms with Crippen LogP contribution in [0.5, 0.6) is 5.75 Å². The summed E-state index contributed by atoms with van der Waals surface area (Å²) in [5, 5.41) is 0. The predicted molar refractivity (Wildman–Crippen MR) is 91.8 cm³/mol. The number of anilines is 1. The van der Waals surface area contributed by atoms with Crippen molar-refractivity contribution in [2.75, 3.05) is 18.0 Å². The molecule has 2 heterocycles. The molecule has 6 heteroatoms. The molecule has 23 heavy (non-hydrogen) atoms. The number of hydrogen-bond donors (Lipinski definition) is 1. The van der Waals surface area contributed by atoms with Gasteiger partial charge in [-0.3, -0.25) is 4.72 Å². The Bertz CT molecular complexity index is 628. The molecule has 0 saturated carbocycles. The average Bonchev–Trinajstić information content (AvgIpc) is 2.62. The van der Waals surface area contributed by atoms with Gasteiger partial charge in [-0.25, -0.2) is 9.78 Å². The number of nitrogens with zero attached hydrogens (tertiary/aromatic N) is 2. The van der Waals surface area contributed by atoms with Crippen LogP contribution < -0.4 is 14.4 Å². The number of ether oxygens (including phenoxy) is 1. The fraction of sp³-hybridized carbons (Fsp3) is 0.294. The van der Waals surface area contributed by atoms with E-state index in [9.17, 15) is 4.79 Å². The molecule has 1 aliphatic rings. The summed E-state index contributed by atoms with van der Waals surface area (Å²) in [5.74, 6) is 1.52. The van der Waals surface area contributed by atoms with Gasteiger partial charge < -0.3 is 9.64 Å². The lowest BCUT2D eigenvalue weighted by Gasteiger charge is -2.27. The Labute approximate surface area is 140 Å². The second-order valence-electron chi connectivity index (χ2n) is 5.31. The highest BCUT2D eigenvalue weighted by molar-refractivity contribution is 7.98. The molecule has 1 fully saturated rings. The highest BCUT2D eigenvalue weighted by Crippen LogP contribution is 2.21. The summed E-state index contributed by atoms with van der Waals surface area (Å²) in [6, 6.07) is 12.9. The van der Waals surface area contributed by atoms with Crippen LogP contribution in [0, 0.1) is 0 Å². The van der Waals surface area contributed by atoms with E-state index in [1.165, 1.54) is 31.2 Å². The van der Waals surface area contributed by atoms with Crippen LogP contribution in [-0.2, 0) is 0 Å². The quantitative estimate of drug-likeness (QED) is 0.863. The third-order valence-electron chi connectivity index (χ3n) is 3.61. The lowest BCUT2D eigenvalue weighted by atomic mass is 10.1. The molecule has 120 valence electrons. The summed E-state index contributed by atoms with van der Waals surface area (Å²) in [6.07, 6.45) is 5.03. The van der Waals surface area contributed by atoms with Gasteiger partial charge in [-0.05, 0) is 55.5 Å². The zero-order valence-corrected chi connectivity index (χ0v) is 13.6. The molecule has 1 aromatic carbocycles. The summed E-state index contributed by atoms with van der Waals surface area (Å²) in [7, 11) is 0. The Hall–Kier alpha value is -2.21. The second-order valence-corrected chi connectivity index (χ2v) is 6.19. The van der Waals surface area contributed by atoms with Crippen LogP contribution >= 0.6 is 11.9 Å². The van der Waals surface area contributed by atoms with Crippen LogP contribution in [0.15, 0.2) is 53.6 Å². The van der Waals surface area contributed by atoms with E-state index in [0.29, 0.717) is 5.75 Å². The maximum absolute atomic E-state index is 11.7. The van der Waals surface area contributed by atoms with Gasteiger partial charge in [-0.15, -0.1) is 0 Å². The van der Waals surface area contributed by atoms with E-state index in [0.717, 1.165) is 23.8 Å². The third-order valence-corrected chi connectivity index (χ3v) is 4.35. The van der Waals surface area contributed by atoms with E-state index in [4.69, 9.17) is 4.74 Å². The van der Waals surface area contributed by atoms with Crippen molar-refractivity contribution in [3.63, 3.8) is 0 Å². The number of hydrogen-bond acceptors (Lipinski definition) is 5. The van der Waals surface area contributed by atoms with Crippen LogP contribution in [0.3, 0.4) is 0 Å². The van der Waals surface area contributed by atoms with Crippen LogP contribution in [0.2, 0.25) is 0 Å². The Kier molecular flexibility index (Phi) is 5.37. The molecule has 0 bridgehead atoms. The van der Waals surface area contributed by atoms with Gasteiger partial charge in [-0.1, -0.05) is 18.2 Å².